The Labute approximate surface area is 144 Å². The summed E-state index contributed by atoms with van der Waals surface area (Å²) in [6, 6.07) is 19.8. The Morgan fingerprint density at radius 2 is 1.84 bits per heavy atom. The van der Waals surface area contributed by atoms with Crippen LogP contribution < -0.4 is 4.74 Å². The summed E-state index contributed by atoms with van der Waals surface area (Å²) >= 11 is 0. The van der Waals surface area contributed by atoms with Gasteiger partial charge in [-0.15, -0.1) is 0 Å². The first-order valence-electron chi connectivity index (χ1n) is 7.92. The summed E-state index contributed by atoms with van der Waals surface area (Å²) in [7, 11) is 0. The molecule has 6 heteroatoms. The van der Waals surface area contributed by atoms with E-state index in [-0.39, 0.29) is 0 Å². The predicted octanol–water partition coefficient (Wildman–Crippen LogP) is 3.56. The zero-order chi connectivity index (χ0) is 16.9. The molecule has 0 saturated heterocycles. The highest BCUT2D eigenvalue weighted by Gasteiger charge is 2.08. The van der Waals surface area contributed by atoms with E-state index in [0.717, 1.165) is 28.3 Å². The molecule has 0 fully saturated rings. The normalized spacial score (nSPS) is 10.7. The third-order valence-electron chi connectivity index (χ3n) is 3.74. The van der Waals surface area contributed by atoms with Crippen LogP contribution in [0.25, 0.3) is 11.3 Å². The first kappa shape index (κ1) is 15.1. The van der Waals surface area contributed by atoms with Gasteiger partial charge in [-0.1, -0.05) is 35.5 Å². The van der Waals surface area contributed by atoms with Crippen molar-refractivity contribution in [3.63, 3.8) is 0 Å². The second kappa shape index (κ2) is 7.00. The maximum atomic E-state index is 5.80. The second-order valence-electron chi connectivity index (χ2n) is 5.57. The molecule has 0 amide bonds. The summed E-state index contributed by atoms with van der Waals surface area (Å²) in [5.41, 5.74) is 2.89. The summed E-state index contributed by atoms with van der Waals surface area (Å²) in [5, 5.41) is 8.16. The molecule has 124 valence electrons. The highest BCUT2D eigenvalue weighted by Crippen LogP contribution is 2.23. The quantitative estimate of drug-likeness (QED) is 0.540. The van der Waals surface area contributed by atoms with E-state index in [4.69, 9.17) is 9.26 Å². The van der Waals surface area contributed by atoms with Crippen molar-refractivity contribution in [2.75, 3.05) is 0 Å². The fraction of sp³-hybridized carbons (Fsp3) is 0.105. The summed E-state index contributed by atoms with van der Waals surface area (Å²) in [6.45, 7) is 1.05. The first-order valence-corrected chi connectivity index (χ1v) is 7.92. The van der Waals surface area contributed by atoms with Crippen molar-refractivity contribution in [3.8, 4) is 17.0 Å². The van der Waals surface area contributed by atoms with Gasteiger partial charge in [0, 0.05) is 11.6 Å². The fourth-order valence-corrected chi connectivity index (χ4v) is 2.46. The molecule has 0 N–H and O–H groups in total. The molecule has 4 aromatic rings. The summed E-state index contributed by atoms with van der Waals surface area (Å²) in [5.74, 6) is 1.55. The van der Waals surface area contributed by atoms with Crippen LogP contribution in [-0.2, 0) is 13.2 Å². The molecule has 0 atom stereocenters. The molecule has 0 radical (unpaired) electrons. The van der Waals surface area contributed by atoms with Crippen LogP contribution in [0.2, 0.25) is 0 Å². The van der Waals surface area contributed by atoms with E-state index in [2.05, 4.69) is 15.2 Å². The zero-order valence-corrected chi connectivity index (χ0v) is 13.4. The van der Waals surface area contributed by atoms with Crippen molar-refractivity contribution in [3.05, 3.63) is 84.6 Å². The SMILES string of the molecule is c1ccc(COc2ccc(-c3cc(Cn4cncn4)on3)cc2)cc1. The minimum absolute atomic E-state index is 0.505. The van der Waals surface area contributed by atoms with Crippen molar-refractivity contribution in [2.24, 2.45) is 0 Å². The Kier molecular flexibility index (Phi) is 4.24. The van der Waals surface area contributed by atoms with Gasteiger partial charge in [-0.2, -0.15) is 5.10 Å². The number of nitrogens with zero attached hydrogens (tertiary/aromatic N) is 4. The number of aromatic nitrogens is 4. The van der Waals surface area contributed by atoms with E-state index in [1.165, 1.54) is 6.33 Å². The predicted molar refractivity (Wildman–Crippen MR) is 91.8 cm³/mol. The molecule has 0 unspecified atom stereocenters. The number of hydrogen-bond acceptors (Lipinski definition) is 5. The minimum atomic E-state index is 0.505. The summed E-state index contributed by atoms with van der Waals surface area (Å²) in [6.07, 6.45) is 3.13. The lowest BCUT2D eigenvalue weighted by atomic mass is 10.1. The van der Waals surface area contributed by atoms with Gasteiger partial charge in [-0.3, -0.25) is 0 Å². The van der Waals surface area contributed by atoms with E-state index in [0.29, 0.717) is 13.2 Å². The van der Waals surface area contributed by atoms with E-state index in [9.17, 15) is 0 Å². The maximum Gasteiger partial charge on any atom is 0.158 e. The first-order chi connectivity index (χ1) is 12.4. The number of benzene rings is 2. The van der Waals surface area contributed by atoms with Gasteiger partial charge >= 0.3 is 0 Å². The van der Waals surface area contributed by atoms with Gasteiger partial charge in [0.25, 0.3) is 0 Å². The van der Waals surface area contributed by atoms with E-state index >= 15 is 0 Å². The second-order valence-corrected chi connectivity index (χ2v) is 5.57. The third kappa shape index (κ3) is 3.74. The highest BCUT2D eigenvalue weighted by molar-refractivity contribution is 5.59. The molecular weight excluding hydrogens is 316 g/mol. The van der Waals surface area contributed by atoms with Gasteiger partial charge < -0.3 is 9.26 Å². The Morgan fingerprint density at radius 3 is 2.60 bits per heavy atom. The van der Waals surface area contributed by atoms with Gasteiger partial charge in [0.1, 0.15) is 37.2 Å². The monoisotopic (exact) mass is 332 g/mol. The number of hydrogen-bond donors (Lipinski definition) is 0. The summed E-state index contributed by atoms with van der Waals surface area (Å²) in [4.78, 5) is 3.91. The summed E-state index contributed by atoms with van der Waals surface area (Å²) < 4.78 is 12.8. The Bertz CT molecular complexity index is 916. The molecule has 2 heterocycles. The maximum absolute atomic E-state index is 5.80. The van der Waals surface area contributed by atoms with Gasteiger partial charge in [0.2, 0.25) is 0 Å². The zero-order valence-electron chi connectivity index (χ0n) is 13.4. The Balaban J connectivity index is 1.41. The topological polar surface area (TPSA) is 66.0 Å². The van der Waals surface area contributed by atoms with Crippen molar-refractivity contribution >= 4 is 0 Å². The smallest absolute Gasteiger partial charge is 0.158 e. The molecule has 6 nitrogen and oxygen atoms in total. The van der Waals surface area contributed by atoms with Crippen LogP contribution >= 0.6 is 0 Å². The Hall–Kier alpha value is -3.41. The molecule has 0 aliphatic carbocycles. The minimum Gasteiger partial charge on any atom is -0.489 e. The van der Waals surface area contributed by atoms with Crippen LogP contribution in [0, 0.1) is 0 Å². The molecule has 4 rings (SSSR count). The highest BCUT2D eigenvalue weighted by atomic mass is 16.5. The van der Waals surface area contributed by atoms with Crippen LogP contribution in [-0.4, -0.2) is 19.9 Å². The van der Waals surface area contributed by atoms with Crippen molar-refractivity contribution in [2.45, 2.75) is 13.2 Å². The number of ether oxygens (including phenoxy) is 1. The fourth-order valence-electron chi connectivity index (χ4n) is 2.46. The number of rotatable bonds is 6. The lowest BCUT2D eigenvalue weighted by Crippen LogP contribution is -1.98. The van der Waals surface area contributed by atoms with Crippen molar-refractivity contribution < 1.29 is 9.26 Å². The molecule has 0 bridgehead atoms. The molecule has 0 aliphatic heterocycles. The molecule has 2 aromatic carbocycles. The third-order valence-corrected chi connectivity index (χ3v) is 3.74. The molecule has 0 aliphatic rings. The average Bonchev–Trinajstić information content (AvgIpc) is 3.34. The van der Waals surface area contributed by atoms with Gasteiger partial charge in [-0.25, -0.2) is 9.67 Å². The average molecular weight is 332 g/mol. The molecule has 0 saturated carbocycles. The standard InChI is InChI=1S/C19H16N4O2/c1-2-4-15(5-3-1)12-24-17-8-6-16(7-9-17)19-10-18(25-22-19)11-23-14-20-13-21-23/h1-10,13-14H,11-12H2. The van der Waals surface area contributed by atoms with Crippen molar-refractivity contribution in [1.82, 2.24) is 19.9 Å². The molecule has 0 spiro atoms. The molecule has 25 heavy (non-hydrogen) atoms. The van der Waals surface area contributed by atoms with Crippen LogP contribution in [0.1, 0.15) is 11.3 Å². The largest absolute Gasteiger partial charge is 0.489 e. The lowest BCUT2D eigenvalue weighted by Gasteiger charge is -2.06. The van der Waals surface area contributed by atoms with Crippen LogP contribution in [0.5, 0.6) is 5.75 Å². The van der Waals surface area contributed by atoms with E-state index in [1.807, 2.05) is 60.7 Å². The van der Waals surface area contributed by atoms with Gasteiger partial charge in [0.05, 0.1) is 0 Å². The van der Waals surface area contributed by atoms with Gasteiger partial charge in [0.15, 0.2) is 5.76 Å². The van der Waals surface area contributed by atoms with Crippen LogP contribution in [0.3, 0.4) is 0 Å². The van der Waals surface area contributed by atoms with Gasteiger partial charge in [-0.05, 0) is 29.8 Å². The van der Waals surface area contributed by atoms with Crippen LogP contribution in [0.15, 0.2) is 77.8 Å². The molecular formula is C19H16N4O2. The Morgan fingerprint density at radius 1 is 1.00 bits per heavy atom. The van der Waals surface area contributed by atoms with E-state index < -0.39 is 0 Å². The molecule has 2 aromatic heterocycles. The van der Waals surface area contributed by atoms with E-state index in [1.54, 1.807) is 11.0 Å². The van der Waals surface area contributed by atoms with Crippen LogP contribution in [0.4, 0.5) is 0 Å². The lowest BCUT2D eigenvalue weighted by molar-refractivity contribution is 0.306. The van der Waals surface area contributed by atoms with Crippen molar-refractivity contribution in [1.29, 1.82) is 0 Å².